The van der Waals surface area contributed by atoms with Crippen LogP contribution in [0.5, 0.6) is 0 Å². The van der Waals surface area contributed by atoms with Crippen LogP contribution in [-0.4, -0.2) is 16.0 Å². The van der Waals surface area contributed by atoms with E-state index >= 15 is 0 Å². The van der Waals surface area contributed by atoms with E-state index in [0.29, 0.717) is 6.04 Å². The summed E-state index contributed by atoms with van der Waals surface area (Å²) in [6, 6.07) is 2.02. The highest BCUT2D eigenvalue weighted by Gasteiger charge is 2.22. The summed E-state index contributed by atoms with van der Waals surface area (Å²) in [7, 11) is 0. The van der Waals surface area contributed by atoms with Crippen molar-refractivity contribution in [2.24, 2.45) is 5.92 Å². The van der Waals surface area contributed by atoms with Gasteiger partial charge >= 0.3 is 0 Å². The van der Waals surface area contributed by atoms with E-state index in [1.54, 1.807) is 6.07 Å². The van der Waals surface area contributed by atoms with Crippen molar-refractivity contribution in [2.75, 3.05) is 5.32 Å². The van der Waals surface area contributed by atoms with Gasteiger partial charge < -0.3 is 10.3 Å². The Labute approximate surface area is 121 Å². The number of anilines is 1. The number of H-pyrrole nitrogens is 1. The highest BCUT2D eigenvalue weighted by Crippen LogP contribution is 2.29. The summed E-state index contributed by atoms with van der Waals surface area (Å²) in [5.41, 5.74) is -0.0651. The number of hydrogen-bond donors (Lipinski definition) is 2. The van der Waals surface area contributed by atoms with Crippen LogP contribution in [-0.2, 0) is 0 Å². The van der Waals surface area contributed by atoms with Crippen molar-refractivity contribution in [1.29, 1.82) is 0 Å². The van der Waals surface area contributed by atoms with Gasteiger partial charge in [-0.15, -0.1) is 0 Å². The number of nitrogens with zero attached hydrogens (tertiary/aromatic N) is 1. The molecule has 0 aliphatic heterocycles. The van der Waals surface area contributed by atoms with Gasteiger partial charge in [-0.05, 0) is 25.2 Å². The first-order chi connectivity index (χ1) is 9.60. The molecule has 0 spiro atoms. The van der Waals surface area contributed by atoms with Crippen molar-refractivity contribution in [2.45, 2.75) is 71.3 Å². The summed E-state index contributed by atoms with van der Waals surface area (Å²) in [5, 5.41) is 3.50. The molecule has 1 unspecified atom stereocenters. The largest absolute Gasteiger partial charge is 0.367 e. The van der Waals surface area contributed by atoms with Crippen LogP contribution < -0.4 is 10.9 Å². The van der Waals surface area contributed by atoms with Crippen molar-refractivity contribution < 1.29 is 0 Å². The fraction of sp³-hybridized carbons (Fsp3) is 0.750. The Balaban J connectivity index is 2.12. The van der Waals surface area contributed by atoms with Gasteiger partial charge in [0.05, 0.1) is 0 Å². The first kappa shape index (κ1) is 15.1. The van der Waals surface area contributed by atoms with Gasteiger partial charge in [0.15, 0.2) is 0 Å². The monoisotopic (exact) mass is 277 g/mol. The van der Waals surface area contributed by atoms with E-state index in [1.807, 2.05) is 13.8 Å². The van der Waals surface area contributed by atoms with Crippen LogP contribution >= 0.6 is 0 Å². The molecule has 1 aliphatic carbocycles. The maximum Gasteiger partial charge on any atom is 0.252 e. The predicted molar refractivity (Wildman–Crippen MR) is 83.2 cm³/mol. The Morgan fingerprint density at radius 3 is 2.65 bits per heavy atom. The van der Waals surface area contributed by atoms with Crippen LogP contribution in [0.1, 0.15) is 71.0 Å². The van der Waals surface area contributed by atoms with Gasteiger partial charge in [0.1, 0.15) is 11.6 Å². The molecule has 0 saturated heterocycles. The molecule has 4 heteroatoms. The lowest BCUT2D eigenvalue weighted by atomic mass is 9.83. The highest BCUT2D eigenvalue weighted by atomic mass is 16.1. The Morgan fingerprint density at radius 2 is 2.05 bits per heavy atom. The predicted octanol–water partition coefficient (Wildman–Crippen LogP) is 3.66. The van der Waals surface area contributed by atoms with Crippen molar-refractivity contribution in [1.82, 2.24) is 9.97 Å². The van der Waals surface area contributed by atoms with Crippen molar-refractivity contribution in [3.8, 4) is 0 Å². The molecule has 1 aromatic heterocycles. The van der Waals surface area contributed by atoms with Crippen LogP contribution in [0.15, 0.2) is 10.9 Å². The third-order valence-corrected chi connectivity index (χ3v) is 4.30. The van der Waals surface area contributed by atoms with Crippen LogP contribution in [0.2, 0.25) is 0 Å². The molecule has 1 atom stereocenters. The Morgan fingerprint density at radius 1 is 1.35 bits per heavy atom. The molecule has 1 saturated carbocycles. The zero-order valence-corrected chi connectivity index (χ0v) is 12.9. The average molecular weight is 277 g/mol. The number of hydrogen-bond acceptors (Lipinski definition) is 3. The zero-order chi connectivity index (χ0) is 14.5. The fourth-order valence-corrected chi connectivity index (χ4v) is 3.10. The number of aromatic nitrogens is 2. The molecule has 0 radical (unpaired) electrons. The van der Waals surface area contributed by atoms with Gasteiger partial charge in [0.25, 0.3) is 5.56 Å². The molecule has 20 heavy (non-hydrogen) atoms. The van der Waals surface area contributed by atoms with E-state index in [2.05, 4.69) is 22.2 Å². The van der Waals surface area contributed by atoms with Crippen LogP contribution in [0.25, 0.3) is 0 Å². The van der Waals surface area contributed by atoms with Crippen LogP contribution in [0, 0.1) is 5.92 Å². The lowest BCUT2D eigenvalue weighted by Gasteiger charge is -2.30. The van der Waals surface area contributed by atoms with E-state index in [1.165, 1.54) is 32.1 Å². The third-order valence-electron chi connectivity index (χ3n) is 4.30. The molecular weight excluding hydrogens is 250 g/mol. The maximum absolute atomic E-state index is 11.7. The molecule has 0 amide bonds. The van der Waals surface area contributed by atoms with E-state index in [-0.39, 0.29) is 11.5 Å². The molecule has 112 valence electrons. The van der Waals surface area contributed by atoms with E-state index in [4.69, 9.17) is 0 Å². The lowest BCUT2D eigenvalue weighted by Crippen LogP contribution is -2.31. The minimum absolute atomic E-state index is 0.0651. The lowest BCUT2D eigenvalue weighted by molar-refractivity contribution is 0.312. The van der Waals surface area contributed by atoms with E-state index < -0.39 is 0 Å². The molecule has 1 fully saturated rings. The normalized spacial score (nSPS) is 18.2. The first-order valence-electron chi connectivity index (χ1n) is 7.98. The number of aromatic amines is 1. The number of rotatable bonds is 5. The SMILES string of the molecule is CCC(Nc1cc(=O)[nH]c(C(C)C)n1)C1CCCCC1. The summed E-state index contributed by atoms with van der Waals surface area (Å²) in [6.07, 6.45) is 7.72. The van der Waals surface area contributed by atoms with Crippen LogP contribution in [0.3, 0.4) is 0 Å². The Kier molecular flexibility index (Phi) is 5.21. The van der Waals surface area contributed by atoms with E-state index in [9.17, 15) is 4.79 Å². The van der Waals surface area contributed by atoms with Crippen LogP contribution in [0.4, 0.5) is 5.82 Å². The van der Waals surface area contributed by atoms with Crippen molar-refractivity contribution in [3.05, 3.63) is 22.2 Å². The van der Waals surface area contributed by atoms with Gasteiger partial charge in [-0.2, -0.15) is 0 Å². The molecule has 1 aliphatic rings. The first-order valence-corrected chi connectivity index (χ1v) is 7.98. The Bertz CT molecular complexity index is 475. The van der Waals surface area contributed by atoms with Crippen molar-refractivity contribution in [3.63, 3.8) is 0 Å². The quantitative estimate of drug-likeness (QED) is 0.863. The standard InChI is InChI=1S/C16H27N3O/c1-4-13(12-8-6-5-7-9-12)17-14-10-15(20)19-16(18-14)11(2)3/h10-13H,4-9H2,1-3H3,(H2,17,18,19,20). The summed E-state index contributed by atoms with van der Waals surface area (Å²) >= 11 is 0. The Hall–Kier alpha value is -1.32. The van der Waals surface area contributed by atoms with Gasteiger partial charge in [-0.1, -0.05) is 40.0 Å². The van der Waals surface area contributed by atoms with Gasteiger partial charge in [0.2, 0.25) is 0 Å². The summed E-state index contributed by atoms with van der Waals surface area (Å²) in [4.78, 5) is 19.1. The second kappa shape index (κ2) is 6.91. The fourth-order valence-electron chi connectivity index (χ4n) is 3.10. The molecule has 2 rings (SSSR count). The second-order valence-corrected chi connectivity index (χ2v) is 6.23. The minimum atomic E-state index is -0.0651. The molecule has 4 nitrogen and oxygen atoms in total. The van der Waals surface area contributed by atoms with E-state index in [0.717, 1.165) is 24.0 Å². The molecule has 1 heterocycles. The van der Waals surface area contributed by atoms with Gasteiger partial charge in [-0.25, -0.2) is 4.98 Å². The summed E-state index contributed by atoms with van der Waals surface area (Å²) in [5.74, 6) is 2.45. The topological polar surface area (TPSA) is 57.8 Å². The van der Waals surface area contributed by atoms with Gasteiger partial charge in [-0.3, -0.25) is 4.79 Å². The molecule has 0 aromatic carbocycles. The molecule has 0 bridgehead atoms. The third kappa shape index (κ3) is 3.84. The summed E-state index contributed by atoms with van der Waals surface area (Å²) < 4.78 is 0. The molecular formula is C16H27N3O. The zero-order valence-electron chi connectivity index (χ0n) is 12.9. The van der Waals surface area contributed by atoms with Gasteiger partial charge in [0, 0.05) is 18.0 Å². The smallest absolute Gasteiger partial charge is 0.252 e. The minimum Gasteiger partial charge on any atom is -0.367 e. The summed E-state index contributed by atoms with van der Waals surface area (Å²) in [6.45, 7) is 6.30. The number of nitrogens with one attached hydrogen (secondary N) is 2. The average Bonchev–Trinajstić information content (AvgIpc) is 2.45. The van der Waals surface area contributed by atoms with Crippen molar-refractivity contribution >= 4 is 5.82 Å². The maximum atomic E-state index is 11.7. The second-order valence-electron chi connectivity index (χ2n) is 6.23. The highest BCUT2D eigenvalue weighted by molar-refractivity contribution is 5.35. The molecule has 2 N–H and O–H groups in total. The molecule has 1 aromatic rings.